The zero-order valence-corrected chi connectivity index (χ0v) is 12.1. The number of phenols is 1. The van der Waals surface area contributed by atoms with E-state index in [1.54, 1.807) is 0 Å². The van der Waals surface area contributed by atoms with E-state index in [1.807, 2.05) is 14.1 Å². The van der Waals surface area contributed by atoms with Crippen molar-refractivity contribution in [2.75, 3.05) is 19.0 Å². The topological polar surface area (TPSA) is 23.5 Å². The monoisotopic (exact) mass is 235 g/mol. The van der Waals surface area contributed by atoms with E-state index < -0.39 is 0 Å². The highest BCUT2D eigenvalue weighted by atomic mass is 16.3. The van der Waals surface area contributed by atoms with Crippen LogP contribution in [0.1, 0.15) is 56.2 Å². The van der Waals surface area contributed by atoms with Gasteiger partial charge in [0, 0.05) is 25.3 Å². The van der Waals surface area contributed by atoms with Crippen molar-refractivity contribution in [3.8, 4) is 5.75 Å². The van der Waals surface area contributed by atoms with Crippen molar-refractivity contribution >= 4 is 5.69 Å². The van der Waals surface area contributed by atoms with Gasteiger partial charge >= 0.3 is 0 Å². The zero-order chi connectivity index (χ0) is 13.3. The van der Waals surface area contributed by atoms with E-state index in [2.05, 4.69) is 45.6 Å². The Morgan fingerprint density at radius 1 is 1.06 bits per heavy atom. The molecule has 1 N–H and O–H groups in total. The smallest absolute Gasteiger partial charge is 0.122 e. The van der Waals surface area contributed by atoms with Gasteiger partial charge in [0.1, 0.15) is 5.75 Å². The lowest BCUT2D eigenvalue weighted by molar-refractivity contribution is 0.453. The molecule has 2 heteroatoms. The van der Waals surface area contributed by atoms with Gasteiger partial charge in [-0.25, -0.2) is 0 Å². The van der Waals surface area contributed by atoms with E-state index in [0.717, 1.165) is 11.1 Å². The van der Waals surface area contributed by atoms with Gasteiger partial charge in [0.25, 0.3) is 0 Å². The molecule has 0 saturated carbocycles. The average Bonchev–Trinajstić information content (AvgIpc) is 2.15. The summed E-state index contributed by atoms with van der Waals surface area (Å²) in [5.74, 6) is 1.16. The summed E-state index contributed by atoms with van der Waals surface area (Å²) in [6.07, 6.45) is 0. The minimum absolute atomic E-state index is 0.340. The maximum Gasteiger partial charge on any atom is 0.122 e. The van der Waals surface area contributed by atoms with Gasteiger partial charge < -0.3 is 10.0 Å². The molecule has 0 radical (unpaired) electrons. The molecule has 0 aromatic heterocycles. The number of phenolic OH excluding ortho intramolecular Hbond substituents is 1. The van der Waals surface area contributed by atoms with E-state index in [1.165, 1.54) is 11.3 Å². The number of nitrogens with zero attached hydrogens (tertiary/aromatic N) is 1. The lowest BCUT2D eigenvalue weighted by Gasteiger charge is -2.24. The van der Waals surface area contributed by atoms with Crippen molar-refractivity contribution in [2.45, 2.75) is 46.5 Å². The van der Waals surface area contributed by atoms with Crippen LogP contribution in [0.4, 0.5) is 5.69 Å². The summed E-state index contributed by atoms with van der Waals surface area (Å²) in [5, 5.41) is 10.4. The molecule has 0 aliphatic heterocycles. The van der Waals surface area contributed by atoms with Crippen LogP contribution in [0.3, 0.4) is 0 Å². The van der Waals surface area contributed by atoms with Crippen molar-refractivity contribution in [2.24, 2.45) is 0 Å². The van der Waals surface area contributed by atoms with E-state index in [0.29, 0.717) is 17.6 Å². The number of hydrogen-bond acceptors (Lipinski definition) is 2. The number of hydrogen-bond donors (Lipinski definition) is 1. The Labute approximate surface area is 105 Å². The van der Waals surface area contributed by atoms with Crippen molar-refractivity contribution in [3.05, 3.63) is 22.8 Å². The molecule has 0 fully saturated rings. The van der Waals surface area contributed by atoms with Crippen LogP contribution < -0.4 is 4.90 Å². The standard InChI is InChI=1S/C15H25NO/c1-9(2)12-8-13(16(6)7)11(5)14(10(3)4)15(12)17/h8-10,17H,1-7H3. The minimum Gasteiger partial charge on any atom is -0.507 e. The highest BCUT2D eigenvalue weighted by Gasteiger charge is 2.19. The van der Waals surface area contributed by atoms with Gasteiger partial charge in [-0.15, -0.1) is 0 Å². The highest BCUT2D eigenvalue weighted by Crippen LogP contribution is 2.40. The molecule has 17 heavy (non-hydrogen) atoms. The fourth-order valence-corrected chi connectivity index (χ4v) is 2.41. The lowest BCUT2D eigenvalue weighted by Crippen LogP contribution is -2.13. The molecular formula is C15H25NO. The molecule has 1 aromatic rings. The van der Waals surface area contributed by atoms with Gasteiger partial charge in [0.15, 0.2) is 0 Å². The molecule has 1 aromatic carbocycles. The number of aromatic hydroxyl groups is 1. The third-order valence-electron chi connectivity index (χ3n) is 3.29. The van der Waals surface area contributed by atoms with Crippen molar-refractivity contribution in [3.63, 3.8) is 0 Å². The molecular weight excluding hydrogens is 210 g/mol. The summed E-state index contributed by atoms with van der Waals surface area (Å²) in [4.78, 5) is 2.12. The molecule has 1 rings (SSSR count). The third-order valence-corrected chi connectivity index (χ3v) is 3.29. The zero-order valence-electron chi connectivity index (χ0n) is 12.1. The molecule has 0 saturated heterocycles. The molecule has 0 unspecified atom stereocenters. The van der Waals surface area contributed by atoms with Crippen LogP contribution >= 0.6 is 0 Å². The van der Waals surface area contributed by atoms with Crippen molar-refractivity contribution in [1.82, 2.24) is 0 Å². The van der Waals surface area contributed by atoms with E-state index >= 15 is 0 Å². The van der Waals surface area contributed by atoms with E-state index in [4.69, 9.17) is 0 Å². The first-order valence-corrected chi connectivity index (χ1v) is 6.31. The number of anilines is 1. The second-order valence-electron chi connectivity index (χ2n) is 5.58. The van der Waals surface area contributed by atoms with Crippen molar-refractivity contribution < 1.29 is 5.11 Å². The predicted molar refractivity (Wildman–Crippen MR) is 75.3 cm³/mol. The normalized spacial score (nSPS) is 11.4. The quantitative estimate of drug-likeness (QED) is 0.855. The fraction of sp³-hybridized carbons (Fsp3) is 0.600. The molecule has 0 aliphatic carbocycles. The Morgan fingerprint density at radius 3 is 1.94 bits per heavy atom. The van der Waals surface area contributed by atoms with Gasteiger partial charge in [-0.05, 0) is 36.0 Å². The number of rotatable bonds is 3. The summed E-state index contributed by atoms with van der Waals surface area (Å²) in [7, 11) is 4.10. The first kappa shape index (κ1) is 13.9. The van der Waals surface area contributed by atoms with E-state index in [-0.39, 0.29) is 0 Å². The largest absolute Gasteiger partial charge is 0.507 e. The first-order valence-electron chi connectivity index (χ1n) is 6.31. The van der Waals surface area contributed by atoms with Crippen LogP contribution in [0.2, 0.25) is 0 Å². The Balaban J connectivity index is 3.58. The molecule has 0 aliphatic rings. The molecule has 0 atom stereocenters. The van der Waals surface area contributed by atoms with Gasteiger partial charge in [0.05, 0.1) is 0 Å². The van der Waals surface area contributed by atoms with E-state index in [9.17, 15) is 5.11 Å². The maximum absolute atomic E-state index is 10.4. The lowest BCUT2D eigenvalue weighted by atomic mass is 9.89. The summed E-state index contributed by atoms with van der Waals surface area (Å²) in [6.45, 7) is 10.6. The van der Waals surface area contributed by atoms with Gasteiger partial charge in [-0.2, -0.15) is 0 Å². The predicted octanol–water partition coefficient (Wildman–Crippen LogP) is 4.01. The van der Waals surface area contributed by atoms with Gasteiger partial charge in [-0.3, -0.25) is 0 Å². The summed E-state index contributed by atoms with van der Waals surface area (Å²) in [6, 6.07) is 2.11. The molecule has 0 amide bonds. The third kappa shape index (κ3) is 2.56. The summed E-state index contributed by atoms with van der Waals surface area (Å²) < 4.78 is 0. The molecule has 96 valence electrons. The Bertz CT molecular complexity index is 374. The van der Waals surface area contributed by atoms with Gasteiger partial charge in [-0.1, -0.05) is 27.7 Å². The van der Waals surface area contributed by atoms with Crippen LogP contribution in [0.25, 0.3) is 0 Å². The molecule has 0 heterocycles. The highest BCUT2D eigenvalue weighted by molar-refractivity contribution is 5.64. The molecule has 0 bridgehead atoms. The molecule has 2 nitrogen and oxygen atoms in total. The van der Waals surface area contributed by atoms with Gasteiger partial charge in [0.2, 0.25) is 0 Å². The Hall–Kier alpha value is -1.18. The minimum atomic E-state index is 0.340. The Morgan fingerprint density at radius 2 is 1.59 bits per heavy atom. The molecule has 0 spiro atoms. The second-order valence-corrected chi connectivity index (χ2v) is 5.58. The maximum atomic E-state index is 10.4. The second kappa shape index (κ2) is 4.99. The summed E-state index contributed by atoms with van der Waals surface area (Å²) >= 11 is 0. The summed E-state index contributed by atoms with van der Waals surface area (Å²) in [5.41, 5.74) is 4.52. The van der Waals surface area contributed by atoms with Crippen LogP contribution in [-0.2, 0) is 0 Å². The van der Waals surface area contributed by atoms with Crippen LogP contribution in [0, 0.1) is 6.92 Å². The fourth-order valence-electron chi connectivity index (χ4n) is 2.41. The average molecular weight is 235 g/mol. The SMILES string of the molecule is Cc1c(N(C)C)cc(C(C)C)c(O)c1C(C)C. The van der Waals surface area contributed by atoms with Crippen molar-refractivity contribution in [1.29, 1.82) is 0 Å². The van der Waals surface area contributed by atoms with Crippen LogP contribution in [0.5, 0.6) is 5.75 Å². The van der Waals surface area contributed by atoms with Crippen LogP contribution in [-0.4, -0.2) is 19.2 Å². The Kier molecular flexibility index (Phi) is 4.07. The van der Waals surface area contributed by atoms with Crippen LogP contribution in [0.15, 0.2) is 6.07 Å². The number of benzene rings is 1. The first-order chi connectivity index (χ1) is 7.77.